The van der Waals surface area contributed by atoms with E-state index in [-0.39, 0.29) is 18.0 Å². The highest BCUT2D eigenvalue weighted by atomic mass is 16.5. The van der Waals surface area contributed by atoms with Gasteiger partial charge in [-0.15, -0.1) is 0 Å². The largest absolute Gasteiger partial charge is 0.497 e. The Hall–Kier alpha value is -1.84. The molecule has 17 heavy (non-hydrogen) atoms. The van der Waals surface area contributed by atoms with E-state index in [9.17, 15) is 9.59 Å². The van der Waals surface area contributed by atoms with Gasteiger partial charge in [-0.25, -0.2) is 0 Å². The molecule has 4 heteroatoms. The molecule has 1 aromatic carbocycles. The minimum Gasteiger partial charge on any atom is -0.497 e. The van der Waals surface area contributed by atoms with Gasteiger partial charge in [-0.1, -0.05) is 6.92 Å². The third-order valence-corrected chi connectivity index (χ3v) is 2.46. The summed E-state index contributed by atoms with van der Waals surface area (Å²) >= 11 is 0. The average molecular weight is 236 g/mol. The van der Waals surface area contributed by atoms with Crippen LogP contribution in [0.2, 0.25) is 0 Å². The Morgan fingerprint density at radius 1 is 1.18 bits per heavy atom. The summed E-state index contributed by atoms with van der Waals surface area (Å²) in [5, 5.41) is 0. The third-order valence-electron chi connectivity index (χ3n) is 2.46. The van der Waals surface area contributed by atoms with Crippen molar-refractivity contribution in [2.24, 2.45) is 0 Å². The van der Waals surface area contributed by atoms with Crippen molar-refractivity contribution < 1.29 is 19.1 Å². The van der Waals surface area contributed by atoms with E-state index in [4.69, 9.17) is 9.47 Å². The summed E-state index contributed by atoms with van der Waals surface area (Å²) in [6.45, 7) is 1.73. The molecule has 4 nitrogen and oxygen atoms in total. The molecule has 0 amide bonds. The third kappa shape index (κ3) is 3.31. The Morgan fingerprint density at radius 2 is 1.88 bits per heavy atom. The quantitative estimate of drug-likeness (QED) is 0.561. The van der Waals surface area contributed by atoms with Gasteiger partial charge in [0.2, 0.25) is 0 Å². The Morgan fingerprint density at radius 3 is 2.41 bits per heavy atom. The lowest BCUT2D eigenvalue weighted by Crippen LogP contribution is -2.08. The van der Waals surface area contributed by atoms with Crippen molar-refractivity contribution in [2.45, 2.75) is 19.8 Å². The second-order valence-corrected chi connectivity index (χ2v) is 3.56. The highest BCUT2D eigenvalue weighted by Gasteiger charge is 2.16. The zero-order valence-corrected chi connectivity index (χ0v) is 10.3. The summed E-state index contributed by atoms with van der Waals surface area (Å²) < 4.78 is 10.1. The SMILES string of the molecule is CCC(=O)CC(=O)c1cc(OC)ccc1OC. The zero-order chi connectivity index (χ0) is 12.8. The van der Waals surface area contributed by atoms with E-state index >= 15 is 0 Å². The number of carbonyl (C=O) groups is 2. The molecular formula is C13H16O4. The van der Waals surface area contributed by atoms with Gasteiger partial charge < -0.3 is 9.47 Å². The summed E-state index contributed by atoms with van der Waals surface area (Å²) in [4.78, 5) is 23.2. The van der Waals surface area contributed by atoms with Crippen molar-refractivity contribution in [3.63, 3.8) is 0 Å². The van der Waals surface area contributed by atoms with E-state index in [1.165, 1.54) is 14.2 Å². The Balaban J connectivity index is 3.01. The van der Waals surface area contributed by atoms with Gasteiger partial charge in [-0.3, -0.25) is 9.59 Å². The molecule has 1 rings (SSSR count). The zero-order valence-electron chi connectivity index (χ0n) is 10.3. The van der Waals surface area contributed by atoms with Crippen LogP contribution in [0.3, 0.4) is 0 Å². The molecule has 0 aromatic heterocycles. The van der Waals surface area contributed by atoms with Gasteiger partial charge in [0.25, 0.3) is 0 Å². The van der Waals surface area contributed by atoms with E-state index in [0.717, 1.165) is 0 Å². The number of ketones is 2. The van der Waals surface area contributed by atoms with Crippen LogP contribution in [0.5, 0.6) is 11.5 Å². The van der Waals surface area contributed by atoms with Crippen molar-refractivity contribution in [1.82, 2.24) is 0 Å². The molecule has 0 bridgehead atoms. The highest BCUT2D eigenvalue weighted by Crippen LogP contribution is 2.25. The number of ether oxygens (including phenoxy) is 2. The fourth-order valence-electron chi connectivity index (χ4n) is 1.43. The van der Waals surface area contributed by atoms with Crippen molar-refractivity contribution >= 4 is 11.6 Å². The number of carbonyl (C=O) groups excluding carboxylic acids is 2. The maximum atomic E-state index is 11.9. The van der Waals surface area contributed by atoms with Crippen LogP contribution in [-0.2, 0) is 4.79 Å². The molecule has 0 aliphatic rings. The van der Waals surface area contributed by atoms with Gasteiger partial charge in [-0.05, 0) is 18.2 Å². The molecule has 0 aliphatic heterocycles. The summed E-state index contributed by atoms with van der Waals surface area (Å²) in [7, 11) is 3.01. The summed E-state index contributed by atoms with van der Waals surface area (Å²) in [6, 6.07) is 4.95. The Kier molecular flexibility index (Phi) is 4.69. The standard InChI is InChI=1S/C13H16O4/c1-4-9(14)7-12(15)11-8-10(16-2)5-6-13(11)17-3/h5-6,8H,4,7H2,1-3H3. The first-order valence-corrected chi connectivity index (χ1v) is 5.39. The smallest absolute Gasteiger partial charge is 0.174 e. The lowest BCUT2D eigenvalue weighted by atomic mass is 10.0. The monoisotopic (exact) mass is 236 g/mol. The van der Waals surface area contributed by atoms with E-state index < -0.39 is 0 Å². The predicted octanol–water partition coefficient (Wildman–Crippen LogP) is 2.26. The van der Waals surface area contributed by atoms with Crippen LogP contribution in [-0.4, -0.2) is 25.8 Å². The number of benzene rings is 1. The molecule has 0 atom stereocenters. The lowest BCUT2D eigenvalue weighted by Gasteiger charge is -2.09. The fourth-order valence-corrected chi connectivity index (χ4v) is 1.43. The molecule has 0 N–H and O–H groups in total. The molecule has 0 unspecified atom stereocenters. The number of rotatable bonds is 6. The van der Waals surface area contributed by atoms with Crippen LogP contribution >= 0.6 is 0 Å². The van der Waals surface area contributed by atoms with E-state index in [1.54, 1.807) is 25.1 Å². The van der Waals surface area contributed by atoms with Crippen LogP contribution in [0, 0.1) is 0 Å². The molecule has 0 saturated heterocycles. The molecule has 0 radical (unpaired) electrons. The van der Waals surface area contributed by atoms with Crippen molar-refractivity contribution in [2.75, 3.05) is 14.2 Å². The predicted molar refractivity (Wildman–Crippen MR) is 63.8 cm³/mol. The van der Waals surface area contributed by atoms with Gasteiger partial charge in [0.05, 0.1) is 26.2 Å². The summed E-state index contributed by atoms with van der Waals surface area (Å²) in [5.41, 5.74) is 0.383. The number of Topliss-reactive ketones (excluding diaryl/α,β-unsaturated/α-hetero) is 2. The molecule has 0 fully saturated rings. The maximum absolute atomic E-state index is 11.9. The molecular weight excluding hydrogens is 220 g/mol. The van der Waals surface area contributed by atoms with Crippen LogP contribution in [0.15, 0.2) is 18.2 Å². The van der Waals surface area contributed by atoms with Crippen LogP contribution in [0.25, 0.3) is 0 Å². The number of methoxy groups -OCH3 is 2. The summed E-state index contributed by atoms with van der Waals surface area (Å²) in [6.07, 6.45) is 0.262. The number of hydrogen-bond acceptors (Lipinski definition) is 4. The topological polar surface area (TPSA) is 52.6 Å². The van der Waals surface area contributed by atoms with E-state index in [2.05, 4.69) is 0 Å². The molecule has 1 aromatic rings. The van der Waals surface area contributed by atoms with Gasteiger partial charge in [0.15, 0.2) is 5.78 Å². The minimum absolute atomic E-state index is 0.0835. The van der Waals surface area contributed by atoms with Gasteiger partial charge in [0.1, 0.15) is 17.3 Å². The van der Waals surface area contributed by atoms with Crippen LogP contribution < -0.4 is 9.47 Å². The van der Waals surface area contributed by atoms with E-state index in [0.29, 0.717) is 23.5 Å². The lowest BCUT2D eigenvalue weighted by molar-refractivity contribution is -0.117. The van der Waals surface area contributed by atoms with Crippen LogP contribution in [0.4, 0.5) is 0 Å². The molecule has 0 aliphatic carbocycles. The Labute approximate surface area is 101 Å². The Bertz CT molecular complexity index is 423. The average Bonchev–Trinajstić information content (AvgIpc) is 2.37. The first-order chi connectivity index (χ1) is 8.12. The van der Waals surface area contributed by atoms with Crippen molar-refractivity contribution in [3.8, 4) is 11.5 Å². The van der Waals surface area contributed by atoms with E-state index in [1.807, 2.05) is 0 Å². The molecule has 0 saturated carbocycles. The minimum atomic E-state index is -0.243. The first kappa shape index (κ1) is 13.2. The normalized spacial score (nSPS) is 9.82. The number of hydrogen-bond donors (Lipinski definition) is 0. The van der Waals surface area contributed by atoms with Gasteiger partial charge in [-0.2, -0.15) is 0 Å². The van der Waals surface area contributed by atoms with Crippen LogP contribution in [0.1, 0.15) is 30.1 Å². The molecule has 0 heterocycles. The van der Waals surface area contributed by atoms with Gasteiger partial charge >= 0.3 is 0 Å². The highest BCUT2D eigenvalue weighted by molar-refractivity contribution is 6.09. The maximum Gasteiger partial charge on any atom is 0.174 e. The van der Waals surface area contributed by atoms with Crippen molar-refractivity contribution in [3.05, 3.63) is 23.8 Å². The fraction of sp³-hybridized carbons (Fsp3) is 0.385. The van der Waals surface area contributed by atoms with Crippen molar-refractivity contribution in [1.29, 1.82) is 0 Å². The first-order valence-electron chi connectivity index (χ1n) is 5.39. The van der Waals surface area contributed by atoms with Gasteiger partial charge in [0, 0.05) is 6.42 Å². The molecule has 92 valence electrons. The summed E-state index contributed by atoms with van der Waals surface area (Å²) in [5.74, 6) is 0.699. The second kappa shape index (κ2) is 6.03. The second-order valence-electron chi connectivity index (χ2n) is 3.56. The molecule has 0 spiro atoms.